The molecule has 5 heteroatoms. The van der Waals surface area contributed by atoms with Crippen LogP contribution in [0.4, 0.5) is 5.69 Å². The molecule has 0 aromatic heterocycles. The Morgan fingerprint density at radius 3 is 2.00 bits per heavy atom. The molecule has 0 bridgehead atoms. The number of rotatable bonds is 7. The molecule has 0 fully saturated rings. The lowest BCUT2D eigenvalue weighted by atomic mass is 9.93. The molecule has 0 spiro atoms. The van der Waals surface area contributed by atoms with Gasteiger partial charge in [-0.2, -0.15) is 0 Å². The quantitative estimate of drug-likeness (QED) is 0.609. The molecule has 0 saturated carbocycles. The Bertz CT molecular complexity index is 424. The maximum absolute atomic E-state index is 11.4. The number of aryl methyl sites for hydroxylation is 1. The molecule has 0 saturated heterocycles. The molecule has 0 radical (unpaired) electrons. The summed E-state index contributed by atoms with van der Waals surface area (Å²) in [5.74, 6) is -0.695. The van der Waals surface area contributed by atoms with Gasteiger partial charge in [0, 0.05) is 18.5 Å². The van der Waals surface area contributed by atoms with E-state index in [1.54, 1.807) is 0 Å². The molecular formula is C15H21NO4. The number of ether oxygens (including phenoxy) is 2. The number of benzene rings is 1. The second-order valence-corrected chi connectivity index (χ2v) is 4.71. The Morgan fingerprint density at radius 2 is 1.55 bits per heavy atom. The zero-order chi connectivity index (χ0) is 15.0. The minimum atomic E-state index is -0.309. The highest BCUT2D eigenvalue weighted by Gasteiger charge is 2.18. The van der Waals surface area contributed by atoms with Gasteiger partial charge in [0.25, 0.3) is 0 Å². The number of hydrogen-bond acceptors (Lipinski definition) is 5. The largest absolute Gasteiger partial charge is 0.469 e. The fourth-order valence-corrected chi connectivity index (χ4v) is 1.97. The molecule has 0 atom stereocenters. The molecule has 1 aromatic rings. The molecule has 0 aliphatic carbocycles. The first-order chi connectivity index (χ1) is 9.55. The molecule has 2 N–H and O–H groups in total. The van der Waals surface area contributed by atoms with Crippen LogP contribution in [0.2, 0.25) is 0 Å². The Morgan fingerprint density at radius 1 is 1.05 bits per heavy atom. The maximum atomic E-state index is 11.4. The van der Waals surface area contributed by atoms with Gasteiger partial charge >= 0.3 is 11.9 Å². The molecular weight excluding hydrogens is 258 g/mol. The van der Waals surface area contributed by atoms with E-state index in [1.807, 2.05) is 24.3 Å². The summed E-state index contributed by atoms with van der Waals surface area (Å²) in [5.41, 5.74) is 7.47. The fraction of sp³-hybridized carbons (Fsp3) is 0.467. The average molecular weight is 279 g/mol. The van der Waals surface area contributed by atoms with E-state index in [1.165, 1.54) is 14.2 Å². The van der Waals surface area contributed by atoms with E-state index >= 15 is 0 Å². The molecule has 1 aromatic carbocycles. The van der Waals surface area contributed by atoms with Crippen molar-refractivity contribution < 1.29 is 19.1 Å². The first-order valence-corrected chi connectivity index (χ1v) is 6.53. The molecule has 1 rings (SSSR count). The van der Waals surface area contributed by atoms with Gasteiger partial charge in [-0.25, -0.2) is 0 Å². The van der Waals surface area contributed by atoms with Crippen LogP contribution in [0.1, 0.15) is 24.8 Å². The minimum Gasteiger partial charge on any atom is -0.469 e. The van der Waals surface area contributed by atoms with Crippen LogP contribution in [-0.4, -0.2) is 26.2 Å². The summed E-state index contributed by atoms with van der Waals surface area (Å²) in [6.07, 6.45) is 1.94. The van der Waals surface area contributed by atoms with Gasteiger partial charge in [0.2, 0.25) is 0 Å². The van der Waals surface area contributed by atoms with Gasteiger partial charge in [-0.3, -0.25) is 9.59 Å². The SMILES string of the molecule is COC(=O)CC(CCc1ccc(N)cc1)CC(=O)OC. The second kappa shape index (κ2) is 8.19. The van der Waals surface area contributed by atoms with Gasteiger partial charge in [-0.15, -0.1) is 0 Å². The Balaban J connectivity index is 2.56. The number of hydrogen-bond donors (Lipinski definition) is 1. The van der Waals surface area contributed by atoms with Crippen molar-refractivity contribution in [2.24, 2.45) is 5.92 Å². The average Bonchev–Trinajstić information content (AvgIpc) is 2.46. The summed E-state index contributed by atoms with van der Waals surface area (Å²) < 4.78 is 9.31. The number of carbonyl (C=O) groups excluding carboxylic acids is 2. The lowest BCUT2D eigenvalue weighted by Gasteiger charge is -2.14. The van der Waals surface area contributed by atoms with Crippen LogP contribution in [0.15, 0.2) is 24.3 Å². The lowest BCUT2D eigenvalue weighted by molar-refractivity contribution is -0.144. The third-order valence-corrected chi connectivity index (χ3v) is 3.19. The number of nitrogens with two attached hydrogens (primary N) is 1. The summed E-state index contributed by atoms with van der Waals surface area (Å²) in [6.45, 7) is 0. The lowest BCUT2D eigenvalue weighted by Crippen LogP contribution is -2.16. The maximum Gasteiger partial charge on any atom is 0.305 e. The molecule has 0 unspecified atom stereocenters. The molecule has 0 aliphatic heterocycles. The van der Waals surface area contributed by atoms with Crippen molar-refractivity contribution in [3.05, 3.63) is 29.8 Å². The highest BCUT2D eigenvalue weighted by molar-refractivity contribution is 5.73. The van der Waals surface area contributed by atoms with Crippen molar-refractivity contribution >= 4 is 17.6 Å². The third-order valence-electron chi connectivity index (χ3n) is 3.19. The van der Waals surface area contributed by atoms with E-state index in [-0.39, 0.29) is 30.7 Å². The number of methoxy groups -OCH3 is 2. The number of anilines is 1. The highest BCUT2D eigenvalue weighted by Crippen LogP contribution is 2.19. The van der Waals surface area contributed by atoms with Crippen LogP contribution in [0, 0.1) is 5.92 Å². The van der Waals surface area contributed by atoms with E-state index in [0.29, 0.717) is 6.42 Å². The minimum absolute atomic E-state index is 0.0764. The monoisotopic (exact) mass is 279 g/mol. The number of nitrogen functional groups attached to an aromatic ring is 1. The van der Waals surface area contributed by atoms with Crippen LogP contribution in [0.5, 0.6) is 0 Å². The standard InChI is InChI=1S/C15H21NO4/c1-19-14(17)9-12(10-15(18)20-2)4-3-11-5-7-13(16)8-6-11/h5-8,12H,3-4,9-10,16H2,1-2H3. The first-order valence-electron chi connectivity index (χ1n) is 6.53. The van der Waals surface area contributed by atoms with E-state index in [2.05, 4.69) is 9.47 Å². The van der Waals surface area contributed by atoms with Gasteiger partial charge < -0.3 is 15.2 Å². The van der Waals surface area contributed by atoms with E-state index < -0.39 is 0 Å². The topological polar surface area (TPSA) is 78.6 Å². The van der Waals surface area contributed by atoms with Crippen LogP contribution >= 0.6 is 0 Å². The Kier molecular flexibility index (Phi) is 6.56. The van der Waals surface area contributed by atoms with Crippen LogP contribution < -0.4 is 5.73 Å². The predicted molar refractivity (Wildman–Crippen MR) is 75.9 cm³/mol. The van der Waals surface area contributed by atoms with E-state index in [4.69, 9.17) is 5.73 Å². The molecule has 110 valence electrons. The molecule has 5 nitrogen and oxygen atoms in total. The van der Waals surface area contributed by atoms with Crippen LogP contribution in [0.3, 0.4) is 0 Å². The zero-order valence-electron chi connectivity index (χ0n) is 11.9. The van der Waals surface area contributed by atoms with Gasteiger partial charge in [0.05, 0.1) is 14.2 Å². The van der Waals surface area contributed by atoms with E-state index in [9.17, 15) is 9.59 Å². The van der Waals surface area contributed by atoms with Crippen molar-refractivity contribution in [1.82, 2.24) is 0 Å². The Hall–Kier alpha value is -2.04. The van der Waals surface area contributed by atoms with Crippen LogP contribution in [0.25, 0.3) is 0 Å². The van der Waals surface area contributed by atoms with E-state index in [0.717, 1.165) is 17.7 Å². The van der Waals surface area contributed by atoms with Crippen molar-refractivity contribution in [3.63, 3.8) is 0 Å². The fourth-order valence-electron chi connectivity index (χ4n) is 1.97. The van der Waals surface area contributed by atoms with Gasteiger partial charge in [0.15, 0.2) is 0 Å². The summed E-state index contributed by atoms with van der Waals surface area (Å²) in [4.78, 5) is 22.7. The normalized spacial score (nSPS) is 10.3. The molecule has 20 heavy (non-hydrogen) atoms. The summed E-state index contributed by atoms with van der Waals surface area (Å²) in [5, 5.41) is 0. The summed E-state index contributed by atoms with van der Waals surface area (Å²) >= 11 is 0. The number of carbonyl (C=O) groups is 2. The summed E-state index contributed by atoms with van der Waals surface area (Å²) in [7, 11) is 2.69. The molecule has 0 heterocycles. The third kappa shape index (κ3) is 5.73. The van der Waals surface area contributed by atoms with Gasteiger partial charge in [-0.1, -0.05) is 12.1 Å². The molecule has 0 aliphatic rings. The Labute approximate surface area is 119 Å². The van der Waals surface area contributed by atoms with Crippen molar-refractivity contribution in [2.75, 3.05) is 20.0 Å². The predicted octanol–water partition coefficient (Wildman–Crippen LogP) is 1.94. The van der Waals surface area contributed by atoms with Gasteiger partial charge in [0.1, 0.15) is 0 Å². The first kappa shape index (κ1) is 16.0. The van der Waals surface area contributed by atoms with Crippen molar-refractivity contribution in [3.8, 4) is 0 Å². The zero-order valence-corrected chi connectivity index (χ0v) is 11.9. The smallest absolute Gasteiger partial charge is 0.305 e. The van der Waals surface area contributed by atoms with Crippen molar-refractivity contribution in [1.29, 1.82) is 0 Å². The number of esters is 2. The van der Waals surface area contributed by atoms with Crippen molar-refractivity contribution in [2.45, 2.75) is 25.7 Å². The molecule has 0 amide bonds. The van der Waals surface area contributed by atoms with Crippen LogP contribution in [-0.2, 0) is 25.5 Å². The second-order valence-electron chi connectivity index (χ2n) is 4.71. The highest BCUT2D eigenvalue weighted by atomic mass is 16.5. The van der Waals surface area contributed by atoms with Gasteiger partial charge in [-0.05, 0) is 36.5 Å². The summed E-state index contributed by atoms with van der Waals surface area (Å²) in [6, 6.07) is 7.57.